The molecule has 0 spiro atoms. The summed E-state index contributed by atoms with van der Waals surface area (Å²) >= 11 is 0. The summed E-state index contributed by atoms with van der Waals surface area (Å²) in [5, 5.41) is 3.41. The normalized spacial score (nSPS) is 17.9. The second-order valence-corrected chi connectivity index (χ2v) is 8.38. The van der Waals surface area contributed by atoms with Crippen molar-refractivity contribution in [2.45, 2.75) is 38.7 Å². The summed E-state index contributed by atoms with van der Waals surface area (Å²) in [4.78, 5) is 24.6. The number of rotatable bonds is 3. The van der Waals surface area contributed by atoms with Gasteiger partial charge in [-0.3, -0.25) is 4.79 Å². The van der Waals surface area contributed by atoms with Gasteiger partial charge >= 0.3 is 0 Å². The summed E-state index contributed by atoms with van der Waals surface area (Å²) < 4.78 is 5.97. The first kappa shape index (κ1) is 17.9. The zero-order valence-electron chi connectivity index (χ0n) is 16.7. The van der Waals surface area contributed by atoms with Crippen LogP contribution in [0.2, 0.25) is 0 Å². The molecule has 2 aliphatic heterocycles. The van der Waals surface area contributed by atoms with E-state index in [2.05, 4.69) is 10.2 Å². The highest BCUT2D eigenvalue weighted by molar-refractivity contribution is 6.01. The smallest absolute Gasteiger partial charge is 0.174 e. The molecule has 0 amide bonds. The van der Waals surface area contributed by atoms with E-state index in [1.54, 1.807) is 0 Å². The average Bonchev–Trinajstić information content (AvgIpc) is 3.22. The number of ketones is 1. The van der Waals surface area contributed by atoms with Crippen molar-refractivity contribution in [2.24, 2.45) is 0 Å². The number of hydrogen-bond donors (Lipinski definition) is 1. The van der Waals surface area contributed by atoms with Crippen molar-refractivity contribution in [1.29, 1.82) is 0 Å². The van der Waals surface area contributed by atoms with Gasteiger partial charge in [0, 0.05) is 18.8 Å². The van der Waals surface area contributed by atoms with Gasteiger partial charge in [0.2, 0.25) is 0 Å². The number of hydrogen-bond acceptors (Lipinski definition) is 6. The fourth-order valence-electron chi connectivity index (χ4n) is 4.09. The summed E-state index contributed by atoms with van der Waals surface area (Å²) in [5.74, 6) is 2.32. The van der Waals surface area contributed by atoms with E-state index in [0.717, 1.165) is 54.3 Å². The first-order valence-corrected chi connectivity index (χ1v) is 10.1. The van der Waals surface area contributed by atoms with E-state index in [-0.39, 0.29) is 5.78 Å². The Morgan fingerprint density at radius 3 is 2.52 bits per heavy atom. The summed E-state index contributed by atoms with van der Waals surface area (Å²) in [6.45, 7) is 5.83. The van der Waals surface area contributed by atoms with Crippen molar-refractivity contribution in [3.05, 3.63) is 48.0 Å². The third-order valence-corrected chi connectivity index (χ3v) is 5.47. The van der Waals surface area contributed by atoms with E-state index >= 15 is 0 Å². The highest BCUT2D eigenvalue weighted by Gasteiger charge is 2.32. The number of carbonyl (C=O) groups is 1. The predicted molar refractivity (Wildman–Crippen MR) is 114 cm³/mol. The lowest BCUT2D eigenvalue weighted by molar-refractivity contribution is 0.0620. The molecule has 1 fully saturated rings. The van der Waals surface area contributed by atoms with Crippen molar-refractivity contribution < 1.29 is 9.53 Å². The van der Waals surface area contributed by atoms with E-state index in [9.17, 15) is 4.79 Å². The molecule has 2 aromatic carbocycles. The number of nitrogens with zero attached hydrogens (tertiary/aromatic N) is 3. The van der Waals surface area contributed by atoms with E-state index in [1.807, 2.05) is 56.3 Å². The van der Waals surface area contributed by atoms with Gasteiger partial charge in [0.25, 0.3) is 0 Å². The van der Waals surface area contributed by atoms with Crippen LogP contribution in [-0.4, -0.2) is 34.4 Å². The summed E-state index contributed by atoms with van der Waals surface area (Å²) in [6, 6.07) is 13.5. The fraction of sp³-hybridized carbons (Fsp3) is 0.348. The van der Waals surface area contributed by atoms with Crippen molar-refractivity contribution in [1.82, 2.24) is 9.97 Å². The molecule has 0 unspecified atom stereocenters. The topological polar surface area (TPSA) is 67.4 Å². The highest BCUT2D eigenvalue weighted by Crippen LogP contribution is 2.36. The highest BCUT2D eigenvalue weighted by atomic mass is 16.5. The lowest BCUT2D eigenvalue weighted by Crippen LogP contribution is -2.35. The standard InChI is InChI=1S/C23H24N4O2/c1-23(2)14-19(28)16-13-15(9-10-20(16)29-23)24-21-22(27-11-5-6-12-27)26-18-8-4-3-7-17(18)25-21/h3-4,7-10,13H,5-6,11-12,14H2,1-2H3,(H,24,25). The maximum atomic E-state index is 12.6. The molecule has 2 aliphatic rings. The van der Waals surface area contributed by atoms with Gasteiger partial charge in [0.15, 0.2) is 17.4 Å². The maximum Gasteiger partial charge on any atom is 0.174 e. The van der Waals surface area contributed by atoms with Crippen molar-refractivity contribution >= 4 is 34.1 Å². The Labute approximate surface area is 169 Å². The minimum absolute atomic E-state index is 0.101. The van der Waals surface area contributed by atoms with E-state index in [0.29, 0.717) is 17.7 Å². The molecule has 5 rings (SSSR count). The molecule has 0 atom stereocenters. The van der Waals surface area contributed by atoms with Crippen LogP contribution >= 0.6 is 0 Å². The number of carbonyl (C=O) groups excluding carboxylic acids is 1. The molecule has 6 heteroatoms. The van der Waals surface area contributed by atoms with Gasteiger partial charge in [-0.05, 0) is 57.0 Å². The Kier molecular flexibility index (Phi) is 4.15. The number of nitrogens with one attached hydrogen (secondary N) is 1. The molecule has 3 heterocycles. The van der Waals surface area contributed by atoms with Gasteiger partial charge in [-0.25, -0.2) is 9.97 Å². The Hall–Kier alpha value is -3.15. The molecular formula is C23H24N4O2. The Bertz CT molecular complexity index is 1100. The molecule has 0 saturated carbocycles. The van der Waals surface area contributed by atoms with Crippen LogP contribution in [0.15, 0.2) is 42.5 Å². The average molecular weight is 388 g/mol. The van der Waals surface area contributed by atoms with Gasteiger partial charge in [-0.2, -0.15) is 0 Å². The SMILES string of the molecule is CC1(C)CC(=O)c2cc(Nc3nc4ccccc4nc3N3CCCC3)ccc2O1. The van der Waals surface area contributed by atoms with E-state index in [4.69, 9.17) is 14.7 Å². The van der Waals surface area contributed by atoms with Crippen LogP contribution in [0.3, 0.4) is 0 Å². The lowest BCUT2D eigenvalue weighted by Gasteiger charge is -2.31. The second-order valence-electron chi connectivity index (χ2n) is 8.38. The zero-order valence-corrected chi connectivity index (χ0v) is 16.7. The number of fused-ring (bicyclic) bond motifs is 2. The van der Waals surface area contributed by atoms with Crippen LogP contribution in [0.5, 0.6) is 5.75 Å². The van der Waals surface area contributed by atoms with Crippen molar-refractivity contribution in [2.75, 3.05) is 23.3 Å². The second kappa shape index (κ2) is 6.72. The molecule has 1 N–H and O–H groups in total. The van der Waals surface area contributed by atoms with Crippen molar-refractivity contribution in [3.8, 4) is 5.75 Å². The van der Waals surface area contributed by atoms with Crippen LogP contribution in [0.25, 0.3) is 11.0 Å². The number of Topliss-reactive ketones (excluding diaryl/α,β-unsaturated/α-hetero) is 1. The van der Waals surface area contributed by atoms with Crippen LogP contribution in [-0.2, 0) is 0 Å². The Morgan fingerprint density at radius 2 is 1.76 bits per heavy atom. The number of para-hydroxylation sites is 2. The zero-order chi connectivity index (χ0) is 20.0. The van der Waals surface area contributed by atoms with Gasteiger partial charge in [-0.1, -0.05) is 12.1 Å². The maximum absolute atomic E-state index is 12.6. The van der Waals surface area contributed by atoms with Crippen molar-refractivity contribution in [3.63, 3.8) is 0 Å². The van der Waals surface area contributed by atoms with Gasteiger partial charge in [-0.15, -0.1) is 0 Å². The van der Waals surface area contributed by atoms with Crippen LogP contribution in [0, 0.1) is 0 Å². The molecule has 0 aliphatic carbocycles. The third-order valence-electron chi connectivity index (χ3n) is 5.47. The third kappa shape index (κ3) is 3.39. The van der Waals surface area contributed by atoms with Gasteiger partial charge in [0.05, 0.1) is 23.0 Å². The van der Waals surface area contributed by atoms with Gasteiger partial charge in [0.1, 0.15) is 11.4 Å². The molecule has 29 heavy (non-hydrogen) atoms. The largest absolute Gasteiger partial charge is 0.487 e. The molecule has 148 valence electrons. The molecule has 6 nitrogen and oxygen atoms in total. The first-order chi connectivity index (χ1) is 14.0. The minimum Gasteiger partial charge on any atom is -0.487 e. The summed E-state index contributed by atoms with van der Waals surface area (Å²) in [7, 11) is 0. The summed E-state index contributed by atoms with van der Waals surface area (Å²) in [6.07, 6.45) is 2.70. The molecule has 1 saturated heterocycles. The molecule has 0 bridgehead atoms. The number of aromatic nitrogens is 2. The summed E-state index contributed by atoms with van der Waals surface area (Å²) in [5.41, 5.74) is 2.69. The monoisotopic (exact) mass is 388 g/mol. The molecular weight excluding hydrogens is 364 g/mol. The lowest BCUT2D eigenvalue weighted by atomic mass is 9.93. The number of anilines is 3. The fourth-order valence-corrected chi connectivity index (χ4v) is 4.09. The Balaban J connectivity index is 1.54. The molecule has 0 radical (unpaired) electrons. The van der Waals surface area contributed by atoms with E-state index < -0.39 is 5.60 Å². The van der Waals surface area contributed by atoms with Crippen LogP contribution in [0.4, 0.5) is 17.3 Å². The number of benzene rings is 2. The van der Waals surface area contributed by atoms with Gasteiger partial charge < -0.3 is 15.0 Å². The molecule has 1 aromatic heterocycles. The molecule has 3 aromatic rings. The quantitative estimate of drug-likeness (QED) is 0.700. The Morgan fingerprint density at radius 1 is 1.03 bits per heavy atom. The van der Waals surface area contributed by atoms with Crippen LogP contribution in [0.1, 0.15) is 43.5 Å². The number of ether oxygens (including phenoxy) is 1. The van der Waals surface area contributed by atoms with E-state index in [1.165, 1.54) is 0 Å². The predicted octanol–water partition coefficient (Wildman–Crippen LogP) is 4.72. The van der Waals surface area contributed by atoms with Crippen LogP contribution < -0.4 is 15.0 Å². The minimum atomic E-state index is -0.466. The first-order valence-electron chi connectivity index (χ1n) is 10.1.